The Hall–Kier alpha value is -2.86. The molecule has 6 heteroatoms. The van der Waals surface area contributed by atoms with Crippen LogP contribution in [-0.4, -0.2) is 19.3 Å². The number of methoxy groups -OCH3 is 2. The van der Waals surface area contributed by atoms with Gasteiger partial charge in [-0.2, -0.15) is 0 Å². The molecule has 138 valence electrons. The molecule has 1 heterocycles. The van der Waals surface area contributed by atoms with E-state index in [4.69, 9.17) is 19.9 Å². The van der Waals surface area contributed by atoms with E-state index >= 15 is 0 Å². The van der Waals surface area contributed by atoms with E-state index in [1.54, 1.807) is 26.4 Å². The first kappa shape index (κ1) is 17.5. The third-order valence-electron chi connectivity index (χ3n) is 4.72. The summed E-state index contributed by atoms with van der Waals surface area (Å²) in [7, 11) is 3.20. The lowest BCUT2D eigenvalue weighted by molar-refractivity contribution is 0.352. The molecule has 0 amide bonds. The highest BCUT2D eigenvalue weighted by Crippen LogP contribution is 2.46. The molecular formula is C21H18BrNO4. The minimum atomic E-state index is -0.128. The number of fused-ring (bicyclic) bond motifs is 3. The summed E-state index contributed by atoms with van der Waals surface area (Å²) >= 11 is 3.55. The first-order valence-electron chi connectivity index (χ1n) is 8.34. The number of benzene rings is 3. The van der Waals surface area contributed by atoms with Crippen molar-refractivity contribution >= 4 is 26.7 Å². The lowest BCUT2D eigenvalue weighted by Crippen LogP contribution is -2.16. The fourth-order valence-corrected chi connectivity index (χ4v) is 4.11. The Kier molecular flexibility index (Phi) is 4.36. The van der Waals surface area contributed by atoms with Gasteiger partial charge in [0.2, 0.25) is 0 Å². The van der Waals surface area contributed by atoms with Gasteiger partial charge >= 0.3 is 0 Å². The van der Waals surface area contributed by atoms with Crippen LogP contribution in [0, 0.1) is 0 Å². The fourth-order valence-electron chi connectivity index (χ4n) is 3.49. The fraction of sp³-hybridized carbons (Fsp3) is 0.143. The van der Waals surface area contributed by atoms with E-state index < -0.39 is 0 Å². The molecule has 0 radical (unpaired) electrons. The summed E-state index contributed by atoms with van der Waals surface area (Å²) < 4.78 is 17.5. The minimum Gasteiger partial charge on any atom is -0.507 e. The summed E-state index contributed by atoms with van der Waals surface area (Å²) in [5.41, 5.74) is 8.02. The highest BCUT2D eigenvalue weighted by Gasteiger charge is 2.26. The molecule has 3 aromatic carbocycles. The van der Waals surface area contributed by atoms with Crippen LogP contribution in [0.1, 0.15) is 17.0 Å². The molecule has 27 heavy (non-hydrogen) atoms. The van der Waals surface area contributed by atoms with Crippen LogP contribution in [0.25, 0.3) is 10.8 Å². The monoisotopic (exact) mass is 427 g/mol. The highest BCUT2D eigenvalue weighted by molar-refractivity contribution is 9.10. The maximum absolute atomic E-state index is 10.1. The Bertz CT molecular complexity index is 1080. The number of rotatable bonds is 3. The highest BCUT2D eigenvalue weighted by atomic mass is 79.9. The molecule has 5 nitrogen and oxygen atoms in total. The number of allylic oxidation sites excluding steroid dienone is 1. The van der Waals surface area contributed by atoms with Crippen LogP contribution in [0.3, 0.4) is 0 Å². The quantitative estimate of drug-likeness (QED) is 0.636. The van der Waals surface area contributed by atoms with Crippen molar-refractivity contribution in [2.75, 3.05) is 14.2 Å². The lowest BCUT2D eigenvalue weighted by atomic mass is 9.87. The van der Waals surface area contributed by atoms with Gasteiger partial charge in [0, 0.05) is 22.3 Å². The van der Waals surface area contributed by atoms with Crippen molar-refractivity contribution in [3.8, 4) is 23.0 Å². The van der Waals surface area contributed by atoms with Crippen LogP contribution >= 0.6 is 15.9 Å². The van der Waals surface area contributed by atoms with E-state index in [1.807, 2.05) is 36.4 Å². The van der Waals surface area contributed by atoms with Gasteiger partial charge in [-0.15, -0.1) is 0 Å². The Balaban J connectivity index is 1.93. The van der Waals surface area contributed by atoms with Gasteiger partial charge in [0.1, 0.15) is 11.5 Å². The van der Waals surface area contributed by atoms with Gasteiger partial charge in [-0.1, -0.05) is 24.3 Å². The number of phenolic OH excluding ortho intramolecular Hbond substituents is 1. The smallest absolute Gasteiger partial charge is 0.187 e. The van der Waals surface area contributed by atoms with Gasteiger partial charge < -0.3 is 25.1 Å². The molecule has 0 spiro atoms. The van der Waals surface area contributed by atoms with Crippen molar-refractivity contribution in [1.29, 1.82) is 0 Å². The largest absolute Gasteiger partial charge is 0.507 e. The summed E-state index contributed by atoms with van der Waals surface area (Å²) in [5, 5.41) is 11.7. The molecule has 4 rings (SSSR count). The first-order chi connectivity index (χ1) is 13.0. The van der Waals surface area contributed by atoms with Gasteiger partial charge in [0.15, 0.2) is 17.4 Å². The van der Waals surface area contributed by atoms with Crippen molar-refractivity contribution in [2.24, 2.45) is 5.73 Å². The summed E-state index contributed by atoms with van der Waals surface area (Å²) in [5.74, 6) is 2.30. The molecule has 1 aliphatic rings. The maximum atomic E-state index is 10.1. The molecule has 1 aliphatic heterocycles. The number of hydrogen-bond donors (Lipinski definition) is 2. The molecule has 1 atom stereocenters. The van der Waals surface area contributed by atoms with E-state index in [0.29, 0.717) is 23.1 Å². The SMILES string of the molecule is COc1cc(C2C=C(N)Oc3c2ccc2c(O)cccc32)cc(Br)c1OC. The molecule has 1 unspecified atom stereocenters. The van der Waals surface area contributed by atoms with Crippen molar-refractivity contribution in [1.82, 2.24) is 0 Å². The van der Waals surface area contributed by atoms with Gasteiger partial charge in [0.25, 0.3) is 0 Å². The normalized spacial score (nSPS) is 15.7. The molecule has 0 fully saturated rings. The first-order valence-corrected chi connectivity index (χ1v) is 9.14. The van der Waals surface area contributed by atoms with Crippen molar-refractivity contribution in [3.63, 3.8) is 0 Å². The zero-order valence-electron chi connectivity index (χ0n) is 14.8. The van der Waals surface area contributed by atoms with Gasteiger partial charge in [0.05, 0.1) is 18.7 Å². The number of halogens is 1. The van der Waals surface area contributed by atoms with E-state index in [9.17, 15) is 5.11 Å². The van der Waals surface area contributed by atoms with Gasteiger partial charge in [-0.3, -0.25) is 0 Å². The molecule has 0 bridgehead atoms. The molecule has 3 N–H and O–H groups in total. The van der Waals surface area contributed by atoms with Crippen LogP contribution < -0.4 is 19.9 Å². The standard InChI is InChI=1S/C21H18BrNO4/c1-25-18-9-11(8-16(22)21(18)26-2)15-10-19(23)27-20-13-4-3-5-17(24)12(13)6-7-14(15)20/h3-10,15,24H,23H2,1-2H3. The maximum Gasteiger partial charge on any atom is 0.187 e. The van der Waals surface area contributed by atoms with Gasteiger partial charge in [-0.05, 0) is 45.8 Å². The minimum absolute atomic E-state index is 0.128. The second-order valence-corrected chi connectivity index (χ2v) is 7.10. The Labute approximate surface area is 165 Å². The predicted octanol–water partition coefficient (Wildman–Crippen LogP) is 4.65. The third kappa shape index (κ3) is 2.86. The molecule has 0 aromatic heterocycles. The Morgan fingerprint density at radius 3 is 2.63 bits per heavy atom. The van der Waals surface area contributed by atoms with E-state index in [0.717, 1.165) is 26.4 Å². The van der Waals surface area contributed by atoms with E-state index in [2.05, 4.69) is 15.9 Å². The molecular weight excluding hydrogens is 410 g/mol. The van der Waals surface area contributed by atoms with Crippen LogP contribution in [0.4, 0.5) is 0 Å². The number of aromatic hydroxyl groups is 1. The summed E-state index contributed by atoms with van der Waals surface area (Å²) in [4.78, 5) is 0. The van der Waals surface area contributed by atoms with Crippen LogP contribution in [0.15, 0.2) is 58.9 Å². The zero-order valence-corrected chi connectivity index (χ0v) is 16.4. The van der Waals surface area contributed by atoms with Crippen LogP contribution in [0.2, 0.25) is 0 Å². The average molecular weight is 428 g/mol. The Morgan fingerprint density at radius 2 is 1.89 bits per heavy atom. The second kappa shape index (κ2) is 6.70. The van der Waals surface area contributed by atoms with Crippen molar-refractivity contribution in [2.45, 2.75) is 5.92 Å². The van der Waals surface area contributed by atoms with Gasteiger partial charge in [-0.25, -0.2) is 0 Å². The average Bonchev–Trinajstić information content (AvgIpc) is 2.66. The summed E-state index contributed by atoms with van der Waals surface area (Å²) in [6.45, 7) is 0. The van der Waals surface area contributed by atoms with Crippen LogP contribution in [0.5, 0.6) is 23.0 Å². The summed E-state index contributed by atoms with van der Waals surface area (Å²) in [6, 6.07) is 13.1. The van der Waals surface area contributed by atoms with Crippen molar-refractivity contribution in [3.05, 3.63) is 70.0 Å². The van der Waals surface area contributed by atoms with Crippen LogP contribution in [-0.2, 0) is 0 Å². The number of phenols is 1. The van der Waals surface area contributed by atoms with E-state index in [-0.39, 0.29) is 11.7 Å². The summed E-state index contributed by atoms with van der Waals surface area (Å²) in [6.07, 6.45) is 1.87. The van der Waals surface area contributed by atoms with E-state index in [1.165, 1.54) is 0 Å². The van der Waals surface area contributed by atoms with Crippen molar-refractivity contribution < 1.29 is 19.3 Å². The second-order valence-electron chi connectivity index (χ2n) is 6.24. The molecule has 0 saturated carbocycles. The third-order valence-corrected chi connectivity index (χ3v) is 5.31. The Morgan fingerprint density at radius 1 is 1.07 bits per heavy atom. The predicted molar refractivity (Wildman–Crippen MR) is 108 cm³/mol. The number of nitrogens with two attached hydrogens (primary N) is 1. The number of ether oxygens (including phenoxy) is 3. The number of hydrogen-bond acceptors (Lipinski definition) is 5. The topological polar surface area (TPSA) is 73.9 Å². The zero-order chi connectivity index (χ0) is 19.1. The molecule has 0 aliphatic carbocycles. The molecule has 0 saturated heterocycles. The lowest BCUT2D eigenvalue weighted by Gasteiger charge is -2.26. The molecule has 3 aromatic rings.